The number of aromatic amines is 1. The van der Waals surface area contributed by atoms with Crippen molar-refractivity contribution in [3.8, 4) is 0 Å². The average molecular weight is 506 g/mol. The number of aromatic nitrogens is 2. The van der Waals surface area contributed by atoms with E-state index in [2.05, 4.69) is 4.98 Å². The second-order valence-corrected chi connectivity index (χ2v) is 8.90. The minimum Gasteiger partial charge on any atom is -0.394 e. The molecule has 0 amide bonds. The highest BCUT2D eigenvalue weighted by Crippen LogP contribution is 2.49. The molecule has 1 aromatic heterocycles. The van der Waals surface area contributed by atoms with E-state index in [-0.39, 0.29) is 13.0 Å². The summed E-state index contributed by atoms with van der Waals surface area (Å²) in [6.45, 7) is -0.345. The molecule has 14 heteroatoms. The van der Waals surface area contributed by atoms with E-state index in [4.69, 9.17) is 24.6 Å². The fourth-order valence-electron chi connectivity index (χ4n) is 3.45. The van der Waals surface area contributed by atoms with Crippen LogP contribution in [-0.4, -0.2) is 81.6 Å². The second-order valence-electron chi connectivity index (χ2n) is 7.50. The summed E-state index contributed by atoms with van der Waals surface area (Å²) in [6.07, 6.45) is 1.07. The van der Waals surface area contributed by atoms with Crippen molar-refractivity contribution >= 4 is 7.82 Å². The van der Waals surface area contributed by atoms with Gasteiger partial charge in [0.2, 0.25) is 0 Å². The van der Waals surface area contributed by atoms with Crippen LogP contribution in [0.4, 0.5) is 0 Å². The zero-order valence-electron chi connectivity index (χ0n) is 19.3. The maximum Gasteiger partial charge on any atom is 0.472 e. The Kier molecular flexibility index (Phi) is 9.00. The summed E-state index contributed by atoms with van der Waals surface area (Å²) >= 11 is 0. The first-order chi connectivity index (χ1) is 16.6. The second kappa shape index (κ2) is 12.2. The normalized spacial score (nSPS) is 34.1. The molecule has 4 N–H and O–H groups in total. The standard InChI is InChI=1S/C20H29N2O11P/c1-2-3-4-5-9-30-18-17(33-34(27,28)31-12-15-13(24)7-10-29-15)14(11-23)32-19(18)22-8-6-16(25)21-20(22)26/h2-6,8,13-15,17-19,23-24H,7,9-12H2,1H3,(H,27,28)(H,21,25,26)/b3-2+,5-4+/t13-,14-,15-,17+,18?,19-/m1/s1/i10T/t10-,13+,14+,15+,17-,18?,19+/m0. The minimum absolute atomic E-state index is 0.00540. The fourth-order valence-corrected chi connectivity index (χ4v) is 4.41. The summed E-state index contributed by atoms with van der Waals surface area (Å²) in [4.78, 5) is 36.2. The lowest BCUT2D eigenvalue weighted by atomic mass is 10.1. The van der Waals surface area contributed by atoms with Gasteiger partial charge in [0.15, 0.2) is 6.23 Å². The van der Waals surface area contributed by atoms with Gasteiger partial charge in [0.25, 0.3) is 5.56 Å². The Morgan fingerprint density at radius 3 is 2.79 bits per heavy atom. The molecule has 13 nitrogen and oxygen atoms in total. The van der Waals surface area contributed by atoms with Crippen molar-refractivity contribution in [1.82, 2.24) is 9.55 Å². The van der Waals surface area contributed by atoms with Gasteiger partial charge in [-0.15, -0.1) is 0 Å². The van der Waals surface area contributed by atoms with Crippen LogP contribution in [0.5, 0.6) is 0 Å². The predicted octanol–water partition coefficient (Wildman–Crippen LogP) is -0.404. The van der Waals surface area contributed by atoms with Crippen LogP contribution in [0.25, 0.3) is 0 Å². The van der Waals surface area contributed by atoms with Crippen LogP contribution in [0.3, 0.4) is 0 Å². The molecular weight excluding hydrogens is 475 g/mol. The van der Waals surface area contributed by atoms with E-state index in [1.165, 1.54) is 6.20 Å². The molecule has 1 aromatic rings. The molecule has 8 atom stereocenters. The van der Waals surface area contributed by atoms with Crippen LogP contribution < -0.4 is 11.2 Å². The number of phosphoric acid groups is 1. The number of hydrogen-bond acceptors (Lipinski definition) is 10. The monoisotopic (exact) mass is 506 g/mol. The molecule has 0 radical (unpaired) electrons. The lowest BCUT2D eigenvalue weighted by Gasteiger charge is -2.26. The number of rotatable bonds is 11. The van der Waals surface area contributed by atoms with Gasteiger partial charge in [0, 0.05) is 18.8 Å². The smallest absolute Gasteiger partial charge is 0.394 e. The van der Waals surface area contributed by atoms with Crippen LogP contribution in [-0.2, 0) is 27.8 Å². The molecular formula is C20H29N2O11P. The topological polar surface area (TPSA) is 179 Å². The third-order valence-electron chi connectivity index (χ3n) is 5.11. The minimum atomic E-state index is -4.81. The Hall–Kier alpha value is -1.93. The molecule has 2 aliphatic heterocycles. The van der Waals surface area contributed by atoms with E-state index >= 15 is 0 Å². The number of phosphoric ester groups is 1. The van der Waals surface area contributed by atoms with Gasteiger partial charge in [-0.1, -0.05) is 24.3 Å². The number of ether oxygens (including phenoxy) is 3. The molecule has 0 saturated carbocycles. The average Bonchev–Trinajstić information content (AvgIpc) is 3.30. The highest BCUT2D eigenvalue weighted by Gasteiger charge is 2.50. The molecule has 3 heterocycles. The third-order valence-corrected chi connectivity index (χ3v) is 6.10. The molecule has 2 saturated heterocycles. The van der Waals surface area contributed by atoms with E-state index in [1.54, 1.807) is 24.3 Å². The number of nitrogens with one attached hydrogen (secondary N) is 1. The molecule has 0 spiro atoms. The first kappa shape index (κ1) is 25.2. The zero-order chi connectivity index (χ0) is 25.6. The van der Waals surface area contributed by atoms with Crippen molar-refractivity contribution in [3.63, 3.8) is 0 Å². The van der Waals surface area contributed by atoms with Gasteiger partial charge < -0.3 is 29.3 Å². The van der Waals surface area contributed by atoms with Gasteiger partial charge in [-0.3, -0.25) is 23.4 Å². The van der Waals surface area contributed by atoms with Gasteiger partial charge in [-0.05, 0) is 13.3 Å². The molecule has 2 unspecified atom stereocenters. The van der Waals surface area contributed by atoms with Crippen LogP contribution in [0.15, 0.2) is 46.2 Å². The Morgan fingerprint density at radius 1 is 1.35 bits per heavy atom. The van der Waals surface area contributed by atoms with Crippen LogP contribution in [0.2, 0.25) is 0 Å². The fraction of sp³-hybridized carbons (Fsp3) is 0.600. The maximum atomic E-state index is 12.7. The van der Waals surface area contributed by atoms with Crippen molar-refractivity contribution in [3.05, 3.63) is 57.4 Å². The molecule has 3 rings (SSSR count). The molecule has 0 aromatic carbocycles. The summed E-state index contributed by atoms with van der Waals surface area (Å²) in [5.41, 5.74) is -1.46. The van der Waals surface area contributed by atoms with Crippen molar-refractivity contribution < 1.29 is 44.3 Å². The molecule has 2 fully saturated rings. The van der Waals surface area contributed by atoms with E-state index in [1.807, 2.05) is 6.92 Å². The number of hydrogen-bond donors (Lipinski definition) is 4. The van der Waals surface area contributed by atoms with Crippen molar-refractivity contribution in [1.29, 1.82) is 0 Å². The van der Waals surface area contributed by atoms with Gasteiger partial charge in [0.1, 0.15) is 24.4 Å². The van der Waals surface area contributed by atoms with E-state index in [0.29, 0.717) is 0 Å². The molecule has 0 aliphatic carbocycles. The van der Waals surface area contributed by atoms with Crippen molar-refractivity contribution in [2.24, 2.45) is 0 Å². The van der Waals surface area contributed by atoms with Crippen LogP contribution in [0.1, 0.15) is 20.9 Å². The molecule has 34 heavy (non-hydrogen) atoms. The number of allylic oxidation sites excluding steroid dienone is 3. The lowest BCUT2D eigenvalue weighted by Crippen LogP contribution is -2.40. The highest BCUT2D eigenvalue weighted by molar-refractivity contribution is 7.47. The van der Waals surface area contributed by atoms with Gasteiger partial charge in [0.05, 0.1) is 27.3 Å². The number of aliphatic hydroxyl groups excluding tert-OH is 2. The molecule has 190 valence electrons. The maximum absolute atomic E-state index is 12.7. The highest BCUT2D eigenvalue weighted by atomic mass is 31.2. The SMILES string of the molecule is [3H][C@H]1C[C@@H](O)[C@@H](COP(=O)(O)O[C@@H]2C(OC/C=C/C=C/C)[C@H](n3ccc(=O)[nH]c3=O)O[C@@H]2CO)O1. The summed E-state index contributed by atoms with van der Waals surface area (Å²) in [6, 6.07) is 1.09. The lowest BCUT2D eigenvalue weighted by molar-refractivity contribution is -0.0687. The van der Waals surface area contributed by atoms with E-state index in [9.17, 15) is 29.3 Å². The van der Waals surface area contributed by atoms with E-state index < -0.39 is 75.6 Å². The number of nitrogens with zero attached hydrogens (tertiary/aromatic N) is 1. The summed E-state index contributed by atoms with van der Waals surface area (Å²) < 4.78 is 48.1. The molecule has 2 aliphatic rings. The van der Waals surface area contributed by atoms with Crippen LogP contribution in [0, 0.1) is 0 Å². The zero-order valence-corrected chi connectivity index (χ0v) is 19.2. The quantitative estimate of drug-likeness (QED) is 0.227. The summed E-state index contributed by atoms with van der Waals surface area (Å²) in [5, 5.41) is 19.7. The van der Waals surface area contributed by atoms with Crippen molar-refractivity contribution in [2.75, 3.05) is 26.4 Å². The largest absolute Gasteiger partial charge is 0.472 e. The van der Waals surface area contributed by atoms with Crippen LogP contribution >= 0.6 is 7.82 Å². The molecule has 0 bridgehead atoms. The first-order valence-electron chi connectivity index (χ1n) is 11.1. The summed E-state index contributed by atoms with van der Waals surface area (Å²) in [5.74, 6) is 0. The van der Waals surface area contributed by atoms with Gasteiger partial charge in [-0.25, -0.2) is 9.36 Å². The number of aliphatic hydroxyl groups is 2. The Balaban J connectivity index is 1.80. The number of H-pyrrole nitrogens is 1. The van der Waals surface area contributed by atoms with E-state index in [0.717, 1.165) is 10.6 Å². The Bertz CT molecular complexity index is 1060. The van der Waals surface area contributed by atoms with Gasteiger partial charge in [-0.2, -0.15) is 0 Å². The summed E-state index contributed by atoms with van der Waals surface area (Å²) in [7, 11) is -4.81. The van der Waals surface area contributed by atoms with Crippen molar-refractivity contribution in [2.45, 2.75) is 50.1 Å². The predicted molar refractivity (Wildman–Crippen MR) is 117 cm³/mol. The third kappa shape index (κ3) is 6.81. The Morgan fingerprint density at radius 2 is 2.15 bits per heavy atom. The Labute approximate surface area is 196 Å². The van der Waals surface area contributed by atoms with Gasteiger partial charge >= 0.3 is 13.5 Å². The first-order valence-corrected chi connectivity index (χ1v) is 12.0.